The van der Waals surface area contributed by atoms with Gasteiger partial charge in [0.05, 0.1) is 26.2 Å². The topological polar surface area (TPSA) is 172 Å². The fraction of sp³-hybridized carbons (Fsp3) is 0.318. The van der Waals surface area contributed by atoms with Crippen LogP contribution in [0.1, 0.15) is 22.3 Å². The Bertz CT molecular complexity index is 1360. The number of sulfonamides is 1. The van der Waals surface area contributed by atoms with Crippen molar-refractivity contribution < 1.29 is 46.1 Å². The van der Waals surface area contributed by atoms with Crippen LogP contribution in [0.25, 0.3) is 0 Å². The molecule has 0 unspecified atom stereocenters. The zero-order chi connectivity index (χ0) is 27.7. The summed E-state index contributed by atoms with van der Waals surface area (Å²) in [5.74, 6) is -0.781. The fourth-order valence-electron chi connectivity index (χ4n) is 3.94. The van der Waals surface area contributed by atoms with Gasteiger partial charge in [-0.2, -0.15) is 4.31 Å². The van der Waals surface area contributed by atoms with Crippen molar-refractivity contribution in [3.63, 3.8) is 0 Å². The van der Waals surface area contributed by atoms with E-state index < -0.39 is 45.7 Å². The van der Waals surface area contributed by atoms with Gasteiger partial charge in [0, 0.05) is 0 Å². The molecule has 0 bridgehead atoms. The van der Waals surface area contributed by atoms with Crippen LogP contribution in [0.3, 0.4) is 0 Å². The molecular formula is C22H27N3O10S2. The van der Waals surface area contributed by atoms with Crippen LogP contribution >= 0.6 is 11.0 Å². The molecule has 3 N–H and O–H groups in total. The molecule has 1 aliphatic heterocycles. The van der Waals surface area contributed by atoms with Gasteiger partial charge in [-0.3, -0.25) is 13.9 Å². The fourth-order valence-corrected chi connectivity index (χ4v) is 6.08. The summed E-state index contributed by atoms with van der Waals surface area (Å²) in [6.07, 6.45) is -1.22. The molecule has 13 nitrogen and oxygen atoms in total. The third-order valence-electron chi connectivity index (χ3n) is 5.29. The third-order valence-corrected chi connectivity index (χ3v) is 7.73. The van der Waals surface area contributed by atoms with Crippen molar-refractivity contribution in [1.29, 1.82) is 0 Å². The van der Waals surface area contributed by atoms with E-state index in [1.807, 2.05) is 0 Å². The lowest BCUT2D eigenvalue weighted by Crippen LogP contribution is -2.37. The van der Waals surface area contributed by atoms with Gasteiger partial charge in [-0.05, 0) is 60.1 Å². The molecule has 1 saturated heterocycles. The van der Waals surface area contributed by atoms with Crippen LogP contribution in [0.2, 0.25) is 0 Å². The first-order valence-corrected chi connectivity index (χ1v) is 14.0. The third kappa shape index (κ3) is 6.07. The Morgan fingerprint density at radius 2 is 1.81 bits per heavy atom. The van der Waals surface area contributed by atoms with Crippen molar-refractivity contribution >= 4 is 50.5 Å². The van der Waals surface area contributed by atoms with Crippen LogP contribution in [-0.2, 0) is 30.7 Å². The molecule has 0 radical (unpaired) electrons. The summed E-state index contributed by atoms with van der Waals surface area (Å²) < 4.78 is 63.7. The zero-order valence-electron chi connectivity index (χ0n) is 20.7. The van der Waals surface area contributed by atoms with Crippen LogP contribution in [0.5, 0.6) is 5.75 Å². The highest BCUT2D eigenvalue weighted by atomic mass is 32.3. The Morgan fingerprint density at radius 3 is 2.35 bits per heavy atom. The van der Waals surface area contributed by atoms with Crippen LogP contribution in [0, 0.1) is 13.8 Å². The summed E-state index contributed by atoms with van der Waals surface area (Å²) in [6.45, 7) is 3.06. The highest BCUT2D eigenvalue weighted by molar-refractivity contribution is 8.24. The number of aryl methyl sites for hydroxylation is 2. The molecular weight excluding hydrogens is 530 g/mol. The van der Waals surface area contributed by atoms with Gasteiger partial charge in [0.1, 0.15) is 12.2 Å². The van der Waals surface area contributed by atoms with Gasteiger partial charge in [0.15, 0.2) is 5.75 Å². The standard InChI is InChI=1S/C22H27N3O10S2/c1-13-8-14(2)20(25(21(27)33-3)36(5,29)30)16(9-13)10-15-6-7-17(18(11-15)35-22(28)34-4)24-12-19(26)23-37(24,31)32/h6-9,11,31-32H,10,12H2,1-5H3,(H,23,26). The van der Waals surface area contributed by atoms with Crippen LogP contribution in [0.4, 0.5) is 21.0 Å². The van der Waals surface area contributed by atoms with Gasteiger partial charge in [-0.1, -0.05) is 23.8 Å². The lowest BCUT2D eigenvalue weighted by molar-refractivity contribution is -0.117. The Balaban J connectivity index is 2.14. The smallest absolute Gasteiger partial charge is 0.452 e. The Hall–Kier alpha value is -3.53. The van der Waals surface area contributed by atoms with E-state index in [9.17, 15) is 31.9 Å². The van der Waals surface area contributed by atoms with Gasteiger partial charge in [0.2, 0.25) is 10.0 Å². The molecule has 1 aliphatic rings. The van der Waals surface area contributed by atoms with Gasteiger partial charge in [0.25, 0.3) is 5.91 Å². The van der Waals surface area contributed by atoms with E-state index in [0.717, 1.165) is 30.3 Å². The molecule has 2 amide bonds. The Morgan fingerprint density at radius 1 is 1.14 bits per heavy atom. The number of hydrogen-bond donors (Lipinski definition) is 3. The average molecular weight is 558 g/mol. The van der Waals surface area contributed by atoms with Crippen molar-refractivity contribution in [2.45, 2.75) is 20.3 Å². The predicted octanol–water partition coefficient (Wildman–Crippen LogP) is 3.09. The lowest BCUT2D eigenvalue weighted by Gasteiger charge is -2.36. The summed E-state index contributed by atoms with van der Waals surface area (Å²) in [6, 6.07) is 7.82. The molecule has 0 aromatic heterocycles. The normalized spacial score (nSPS) is 15.5. The van der Waals surface area contributed by atoms with Crippen LogP contribution < -0.4 is 18.1 Å². The maximum atomic E-state index is 12.5. The Kier molecular flexibility index (Phi) is 7.92. The lowest BCUT2D eigenvalue weighted by atomic mass is 9.97. The zero-order valence-corrected chi connectivity index (χ0v) is 22.3. The summed E-state index contributed by atoms with van der Waals surface area (Å²) in [4.78, 5) is 36.2. The predicted molar refractivity (Wildman–Crippen MR) is 136 cm³/mol. The van der Waals surface area contributed by atoms with Crippen molar-refractivity contribution in [2.24, 2.45) is 0 Å². The minimum absolute atomic E-state index is 0.0282. The quantitative estimate of drug-likeness (QED) is 0.352. The van der Waals surface area contributed by atoms with E-state index in [1.165, 1.54) is 12.1 Å². The number of carbonyl (C=O) groups is 3. The maximum Gasteiger partial charge on any atom is 0.513 e. The number of benzene rings is 2. The summed E-state index contributed by atoms with van der Waals surface area (Å²) in [5, 5.41) is 0. The first kappa shape index (κ1) is 28.0. The molecule has 202 valence electrons. The van der Waals surface area contributed by atoms with Gasteiger partial charge < -0.3 is 14.2 Å². The second-order valence-electron chi connectivity index (χ2n) is 8.20. The average Bonchev–Trinajstić information content (AvgIpc) is 3.06. The van der Waals surface area contributed by atoms with E-state index in [2.05, 4.69) is 9.46 Å². The summed E-state index contributed by atoms with van der Waals surface area (Å²) in [7, 11) is -5.61. The monoisotopic (exact) mass is 557 g/mol. The highest BCUT2D eigenvalue weighted by Crippen LogP contribution is 2.49. The summed E-state index contributed by atoms with van der Waals surface area (Å²) >= 11 is 0. The van der Waals surface area contributed by atoms with Crippen molar-refractivity contribution in [2.75, 3.05) is 35.6 Å². The number of hydrogen-bond acceptors (Lipinski definition) is 11. The van der Waals surface area contributed by atoms with Gasteiger partial charge >= 0.3 is 12.2 Å². The van der Waals surface area contributed by atoms with Crippen molar-refractivity contribution in [1.82, 2.24) is 4.72 Å². The van der Waals surface area contributed by atoms with Gasteiger partial charge in [-0.25, -0.2) is 27.0 Å². The number of nitrogens with zero attached hydrogens (tertiary/aromatic N) is 2. The molecule has 1 fully saturated rings. The molecule has 37 heavy (non-hydrogen) atoms. The summed E-state index contributed by atoms with van der Waals surface area (Å²) in [5.41, 5.74) is 2.40. The van der Waals surface area contributed by atoms with E-state index in [4.69, 9.17) is 9.47 Å². The minimum Gasteiger partial charge on any atom is -0.452 e. The van der Waals surface area contributed by atoms with E-state index in [-0.39, 0.29) is 23.5 Å². The number of methoxy groups -OCH3 is 2. The Labute approximate surface area is 215 Å². The number of rotatable bonds is 6. The number of anilines is 2. The van der Waals surface area contributed by atoms with Crippen molar-refractivity contribution in [3.8, 4) is 5.75 Å². The number of nitrogens with one attached hydrogen (secondary N) is 1. The molecule has 0 aliphatic carbocycles. The van der Waals surface area contributed by atoms with Crippen LogP contribution in [0.15, 0.2) is 30.3 Å². The molecule has 2 aromatic rings. The SMILES string of the molecule is COC(=O)Oc1cc(Cc2cc(C)cc(C)c2N(C(=O)OC)S(C)(=O)=O)ccc1N1CC(=O)NS1(O)O. The molecule has 1 heterocycles. The largest absolute Gasteiger partial charge is 0.513 e. The van der Waals surface area contributed by atoms with Gasteiger partial charge in [-0.15, -0.1) is 0 Å². The van der Waals surface area contributed by atoms with E-state index in [1.54, 1.807) is 32.0 Å². The number of ether oxygens (including phenoxy) is 3. The first-order chi connectivity index (χ1) is 17.2. The van der Waals surface area contributed by atoms with Crippen LogP contribution in [-0.4, -0.2) is 62.7 Å². The van der Waals surface area contributed by atoms with E-state index in [0.29, 0.717) is 21.0 Å². The minimum atomic E-state index is -4.07. The molecule has 0 saturated carbocycles. The molecule has 0 atom stereocenters. The maximum absolute atomic E-state index is 12.5. The molecule has 0 spiro atoms. The number of amides is 2. The second kappa shape index (κ2) is 10.5. The van der Waals surface area contributed by atoms with Crippen molar-refractivity contribution in [3.05, 3.63) is 52.6 Å². The number of carbonyl (C=O) groups excluding carboxylic acids is 3. The second-order valence-corrected chi connectivity index (χ2v) is 11.7. The molecule has 15 heteroatoms. The molecule has 2 aromatic carbocycles. The van der Waals surface area contributed by atoms with E-state index >= 15 is 0 Å². The molecule has 3 rings (SSSR count). The highest BCUT2D eigenvalue weighted by Gasteiger charge is 2.37. The first-order valence-electron chi connectivity index (χ1n) is 10.6.